The molecule has 15 heavy (non-hydrogen) atoms. The maximum absolute atomic E-state index is 11.1. The Morgan fingerprint density at radius 1 is 1.47 bits per heavy atom. The summed E-state index contributed by atoms with van der Waals surface area (Å²) in [6.07, 6.45) is 2.41. The molecule has 0 aliphatic rings. The van der Waals surface area contributed by atoms with E-state index in [0.29, 0.717) is 6.42 Å². The largest absolute Gasteiger partial charge is 0.481 e. The zero-order chi connectivity index (χ0) is 10.8. The summed E-state index contributed by atoms with van der Waals surface area (Å²) in [6.45, 7) is 1.89. The Bertz CT molecular complexity index is 487. The van der Waals surface area contributed by atoms with Crippen LogP contribution >= 0.6 is 0 Å². The highest BCUT2D eigenvalue weighted by Gasteiger charge is 2.20. The number of carboxylic acid groups (broad SMARTS) is 1. The maximum atomic E-state index is 11.1. The van der Waals surface area contributed by atoms with Crippen LogP contribution in [0.5, 0.6) is 0 Å². The number of fused-ring (bicyclic) bond motifs is 1. The van der Waals surface area contributed by atoms with Gasteiger partial charge in [0.1, 0.15) is 0 Å². The predicted octanol–water partition coefficient (Wildman–Crippen LogP) is 2.75. The van der Waals surface area contributed by atoms with Gasteiger partial charge in [-0.2, -0.15) is 0 Å². The number of aromatic nitrogens is 1. The average molecular weight is 203 g/mol. The van der Waals surface area contributed by atoms with E-state index in [0.717, 1.165) is 16.5 Å². The average Bonchev–Trinajstić information content (AvgIpc) is 2.63. The highest BCUT2D eigenvalue weighted by molar-refractivity contribution is 5.89. The lowest BCUT2D eigenvalue weighted by molar-refractivity contribution is -0.138. The molecule has 0 aliphatic heterocycles. The number of H-pyrrole nitrogens is 1. The van der Waals surface area contributed by atoms with Crippen LogP contribution in [0.4, 0.5) is 0 Å². The normalized spacial score (nSPS) is 12.9. The number of carboxylic acids is 1. The molecule has 1 unspecified atom stereocenters. The van der Waals surface area contributed by atoms with Crippen LogP contribution in [-0.4, -0.2) is 16.1 Å². The van der Waals surface area contributed by atoms with Crippen molar-refractivity contribution in [2.75, 3.05) is 0 Å². The van der Waals surface area contributed by atoms with Crippen molar-refractivity contribution in [3.05, 3.63) is 36.0 Å². The number of nitrogens with one attached hydrogen (secondary N) is 1. The molecule has 1 aromatic carbocycles. The van der Waals surface area contributed by atoms with Crippen LogP contribution in [-0.2, 0) is 4.79 Å². The molecule has 3 nitrogen and oxygen atoms in total. The smallest absolute Gasteiger partial charge is 0.311 e. The van der Waals surface area contributed by atoms with E-state index in [-0.39, 0.29) is 0 Å². The highest BCUT2D eigenvalue weighted by Crippen LogP contribution is 2.27. The first-order valence-corrected chi connectivity index (χ1v) is 5.03. The van der Waals surface area contributed by atoms with E-state index in [1.165, 1.54) is 0 Å². The van der Waals surface area contributed by atoms with Gasteiger partial charge in [0.05, 0.1) is 5.92 Å². The zero-order valence-corrected chi connectivity index (χ0v) is 8.53. The second-order valence-corrected chi connectivity index (χ2v) is 3.59. The first kappa shape index (κ1) is 9.77. The van der Waals surface area contributed by atoms with Crippen molar-refractivity contribution in [3.63, 3.8) is 0 Å². The molecule has 0 amide bonds. The lowest BCUT2D eigenvalue weighted by Crippen LogP contribution is -2.09. The second-order valence-electron chi connectivity index (χ2n) is 3.59. The number of hydrogen-bond donors (Lipinski definition) is 2. The van der Waals surface area contributed by atoms with Crippen LogP contribution in [0, 0.1) is 0 Å². The molecule has 2 rings (SSSR count). The molecular weight excluding hydrogens is 190 g/mol. The van der Waals surface area contributed by atoms with Gasteiger partial charge in [0.15, 0.2) is 0 Å². The lowest BCUT2D eigenvalue weighted by atomic mass is 9.96. The van der Waals surface area contributed by atoms with Crippen LogP contribution in [0.1, 0.15) is 24.8 Å². The number of aromatic amines is 1. The number of rotatable bonds is 3. The summed E-state index contributed by atoms with van der Waals surface area (Å²) in [5.74, 6) is -1.18. The quantitative estimate of drug-likeness (QED) is 0.805. The van der Waals surface area contributed by atoms with Gasteiger partial charge in [-0.1, -0.05) is 25.1 Å². The van der Waals surface area contributed by atoms with E-state index >= 15 is 0 Å². The van der Waals surface area contributed by atoms with Gasteiger partial charge in [0, 0.05) is 17.1 Å². The topological polar surface area (TPSA) is 53.1 Å². The fraction of sp³-hybridized carbons (Fsp3) is 0.250. The fourth-order valence-corrected chi connectivity index (χ4v) is 1.91. The molecule has 2 N–H and O–H groups in total. The van der Waals surface area contributed by atoms with E-state index < -0.39 is 11.9 Å². The van der Waals surface area contributed by atoms with Crippen molar-refractivity contribution in [1.82, 2.24) is 4.98 Å². The number of benzene rings is 1. The molecule has 1 aromatic heterocycles. The summed E-state index contributed by atoms with van der Waals surface area (Å²) < 4.78 is 0. The molecule has 0 bridgehead atoms. The number of aliphatic carboxylic acids is 1. The molecule has 2 aromatic rings. The van der Waals surface area contributed by atoms with Crippen molar-refractivity contribution >= 4 is 16.9 Å². The Kier molecular flexibility index (Phi) is 2.46. The molecule has 0 spiro atoms. The molecule has 0 radical (unpaired) electrons. The highest BCUT2D eigenvalue weighted by atomic mass is 16.4. The third-order valence-electron chi connectivity index (χ3n) is 2.70. The Hall–Kier alpha value is -1.77. The summed E-state index contributed by atoms with van der Waals surface area (Å²) >= 11 is 0. The summed E-state index contributed by atoms with van der Waals surface area (Å²) in [6, 6.07) is 7.76. The summed E-state index contributed by atoms with van der Waals surface area (Å²) in [4.78, 5) is 14.2. The van der Waals surface area contributed by atoms with Crippen molar-refractivity contribution in [2.24, 2.45) is 0 Å². The van der Waals surface area contributed by atoms with E-state index in [1.54, 1.807) is 6.20 Å². The summed E-state index contributed by atoms with van der Waals surface area (Å²) in [7, 11) is 0. The van der Waals surface area contributed by atoms with Gasteiger partial charge in [-0.25, -0.2) is 0 Å². The molecule has 0 fully saturated rings. The molecule has 1 heterocycles. The number of para-hydroxylation sites is 1. The minimum absolute atomic E-state index is 0.416. The molecule has 1 atom stereocenters. The van der Waals surface area contributed by atoms with Gasteiger partial charge in [-0.15, -0.1) is 0 Å². The standard InChI is InChI=1S/C12H13NO2/c1-2-8(12(14)15)10-7-13-11-6-4-3-5-9(10)11/h3-8,13H,2H2,1H3,(H,14,15). The van der Waals surface area contributed by atoms with E-state index in [4.69, 9.17) is 5.11 Å². The minimum Gasteiger partial charge on any atom is -0.481 e. The van der Waals surface area contributed by atoms with Crippen molar-refractivity contribution in [2.45, 2.75) is 19.3 Å². The predicted molar refractivity (Wildman–Crippen MR) is 59.0 cm³/mol. The Balaban J connectivity index is 2.55. The Morgan fingerprint density at radius 2 is 2.20 bits per heavy atom. The van der Waals surface area contributed by atoms with Crippen molar-refractivity contribution in [1.29, 1.82) is 0 Å². The van der Waals surface area contributed by atoms with E-state index in [9.17, 15) is 4.79 Å². The van der Waals surface area contributed by atoms with Gasteiger partial charge in [0.25, 0.3) is 0 Å². The summed E-state index contributed by atoms with van der Waals surface area (Å²) in [5, 5.41) is 10.1. The van der Waals surface area contributed by atoms with Gasteiger partial charge in [-0.3, -0.25) is 4.79 Å². The lowest BCUT2D eigenvalue weighted by Gasteiger charge is -2.07. The van der Waals surface area contributed by atoms with E-state index in [2.05, 4.69) is 4.98 Å². The molecule has 78 valence electrons. The number of carbonyl (C=O) groups is 1. The third-order valence-corrected chi connectivity index (χ3v) is 2.70. The minimum atomic E-state index is -0.762. The van der Waals surface area contributed by atoms with Crippen LogP contribution in [0.3, 0.4) is 0 Å². The van der Waals surface area contributed by atoms with Crippen LogP contribution in [0.25, 0.3) is 10.9 Å². The van der Waals surface area contributed by atoms with E-state index in [1.807, 2.05) is 31.2 Å². The molecule has 0 saturated heterocycles. The second kappa shape index (κ2) is 3.77. The fourth-order valence-electron chi connectivity index (χ4n) is 1.91. The van der Waals surface area contributed by atoms with Crippen molar-refractivity contribution in [3.8, 4) is 0 Å². The Labute approximate surface area is 87.7 Å². The van der Waals surface area contributed by atoms with Crippen LogP contribution in [0.15, 0.2) is 30.5 Å². The van der Waals surface area contributed by atoms with Crippen LogP contribution in [0.2, 0.25) is 0 Å². The molecule has 3 heteroatoms. The Morgan fingerprint density at radius 3 is 2.87 bits per heavy atom. The first-order chi connectivity index (χ1) is 7.24. The maximum Gasteiger partial charge on any atom is 0.311 e. The third kappa shape index (κ3) is 1.61. The number of hydrogen-bond acceptors (Lipinski definition) is 1. The van der Waals surface area contributed by atoms with Crippen molar-refractivity contribution < 1.29 is 9.90 Å². The molecular formula is C12H13NO2. The zero-order valence-electron chi connectivity index (χ0n) is 8.53. The van der Waals surface area contributed by atoms with Gasteiger partial charge < -0.3 is 10.1 Å². The van der Waals surface area contributed by atoms with Gasteiger partial charge in [0.2, 0.25) is 0 Å². The SMILES string of the molecule is CCC(C(=O)O)c1c[nH]c2ccccc12. The van der Waals surface area contributed by atoms with Crippen LogP contribution < -0.4 is 0 Å². The molecule has 0 saturated carbocycles. The van der Waals surface area contributed by atoms with Gasteiger partial charge in [-0.05, 0) is 18.1 Å². The summed E-state index contributed by atoms with van der Waals surface area (Å²) in [5.41, 5.74) is 1.87. The first-order valence-electron chi connectivity index (χ1n) is 5.03. The van der Waals surface area contributed by atoms with Gasteiger partial charge >= 0.3 is 5.97 Å². The monoisotopic (exact) mass is 203 g/mol. The molecule has 0 aliphatic carbocycles.